The van der Waals surface area contributed by atoms with Gasteiger partial charge in [0.1, 0.15) is 19.3 Å². The highest BCUT2D eigenvalue weighted by Crippen LogP contribution is 2.53. The molecule has 0 saturated heterocycles. The second kappa shape index (κ2) is 17.6. The highest BCUT2D eigenvalue weighted by atomic mass is 31.2. The van der Waals surface area contributed by atoms with Crippen molar-refractivity contribution in [2.45, 2.75) is 38.6 Å². The Kier molecular flexibility index (Phi) is 12.5. The molecule has 1 aliphatic heterocycles. The molecule has 0 aromatic heterocycles. The lowest BCUT2D eigenvalue weighted by Gasteiger charge is -2.27. The number of phosphoric ester groups is 1. The Morgan fingerprint density at radius 3 is 1.35 bits per heavy atom. The average molecular weight is 717 g/mol. The molecule has 5 rings (SSSR count). The number of phosphoric acid groups is 1. The van der Waals surface area contributed by atoms with Crippen LogP contribution in [0.1, 0.15) is 44.5 Å². The third-order valence-electron chi connectivity index (χ3n) is 7.57. The molecular weight excluding hydrogens is 687 g/mol. The third-order valence-corrected chi connectivity index (χ3v) is 8.99. The van der Waals surface area contributed by atoms with Crippen molar-refractivity contribution in [1.29, 1.82) is 21.0 Å². The number of hydrogen-bond donors (Lipinski definition) is 1. The quantitative estimate of drug-likeness (QED) is 0.105. The first-order valence-electron chi connectivity index (χ1n) is 15.6. The maximum atomic E-state index is 14.2. The highest BCUT2D eigenvalue weighted by molar-refractivity contribution is 7.48. The molecule has 4 aromatic rings. The van der Waals surface area contributed by atoms with E-state index in [-0.39, 0.29) is 37.9 Å². The van der Waals surface area contributed by atoms with Gasteiger partial charge in [-0.25, -0.2) is 9.36 Å². The molecule has 0 amide bonds. The summed E-state index contributed by atoms with van der Waals surface area (Å²) < 4.78 is 49.0. The summed E-state index contributed by atoms with van der Waals surface area (Å²) in [6.07, 6.45) is -3.03. The van der Waals surface area contributed by atoms with E-state index in [2.05, 4.69) is 0 Å². The summed E-state index contributed by atoms with van der Waals surface area (Å²) in [7, 11) is -4.59. The topological polar surface area (TPSA) is 205 Å². The van der Waals surface area contributed by atoms with E-state index in [1.54, 1.807) is 97.1 Å². The van der Waals surface area contributed by atoms with E-state index in [1.165, 1.54) is 0 Å². The molecule has 0 unspecified atom stereocenters. The fourth-order valence-electron chi connectivity index (χ4n) is 4.75. The SMILES string of the molecule is N#Cc1ccc(COC2=C(OCc3ccc(C#N)cc3)[C@@H]([C@H](CO)OP(=O)(OCc3ccc(C#N)cc3)OCc3ccc(C#N)cc3)OC2=O)cc1. The van der Waals surface area contributed by atoms with E-state index in [1.807, 2.05) is 24.3 Å². The second-order valence-electron chi connectivity index (χ2n) is 11.2. The normalized spacial score (nSPS) is 14.3. The summed E-state index contributed by atoms with van der Waals surface area (Å²) in [6.45, 7) is -1.63. The number of aliphatic hydroxyl groups is 1. The number of nitrogens with zero attached hydrogens (tertiary/aromatic N) is 4. The van der Waals surface area contributed by atoms with Crippen LogP contribution in [0.5, 0.6) is 0 Å². The molecule has 2 atom stereocenters. The number of aliphatic hydroxyl groups excluding tert-OH is 1. The first kappa shape index (κ1) is 37.0. The summed E-state index contributed by atoms with van der Waals surface area (Å²) in [5, 5.41) is 47.1. The maximum Gasteiger partial charge on any atom is 0.475 e. The van der Waals surface area contributed by atoms with E-state index in [0.29, 0.717) is 44.5 Å². The Bertz CT molecular complexity index is 2060. The Labute approximate surface area is 299 Å². The third kappa shape index (κ3) is 9.69. The zero-order valence-electron chi connectivity index (χ0n) is 27.4. The predicted molar refractivity (Wildman–Crippen MR) is 180 cm³/mol. The molecule has 0 spiro atoms. The van der Waals surface area contributed by atoms with Crippen molar-refractivity contribution in [1.82, 2.24) is 0 Å². The molecule has 0 bridgehead atoms. The largest absolute Gasteiger partial charge is 0.485 e. The molecule has 0 fully saturated rings. The van der Waals surface area contributed by atoms with Crippen molar-refractivity contribution in [3.63, 3.8) is 0 Å². The average Bonchev–Trinajstić information content (AvgIpc) is 3.51. The van der Waals surface area contributed by atoms with Crippen LogP contribution in [-0.2, 0) is 63.6 Å². The van der Waals surface area contributed by atoms with Gasteiger partial charge in [-0.3, -0.25) is 13.6 Å². The van der Waals surface area contributed by atoms with Crippen LogP contribution in [0.25, 0.3) is 0 Å². The number of esters is 1. The Morgan fingerprint density at radius 2 is 0.981 bits per heavy atom. The maximum absolute atomic E-state index is 14.2. The van der Waals surface area contributed by atoms with Crippen LogP contribution < -0.4 is 0 Å². The number of hydrogen-bond acceptors (Lipinski definition) is 13. The van der Waals surface area contributed by atoms with E-state index in [0.717, 1.165) is 0 Å². The number of carbonyl (C=O) groups excluding carboxylic acids is 1. The van der Waals surface area contributed by atoms with Crippen LogP contribution in [-0.4, -0.2) is 29.9 Å². The van der Waals surface area contributed by atoms with E-state index in [9.17, 15) is 14.5 Å². The molecule has 0 aliphatic carbocycles. The number of cyclic esters (lactones) is 1. The van der Waals surface area contributed by atoms with Crippen LogP contribution in [0, 0.1) is 45.3 Å². The first-order chi connectivity index (χ1) is 25.3. The van der Waals surface area contributed by atoms with Gasteiger partial charge in [0.15, 0.2) is 11.9 Å². The molecular formula is C38H29N4O9P. The van der Waals surface area contributed by atoms with Gasteiger partial charge in [0.2, 0.25) is 5.76 Å². The number of rotatable bonds is 16. The Balaban J connectivity index is 1.42. The van der Waals surface area contributed by atoms with Crippen molar-refractivity contribution in [2.75, 3.05) is 6.61 Å². The minimum absolute atomic E-state index is 0.113. The lowest BCUT2D eigenvalue weighted by atomic mass is 10.1. The van der Waals surface area contributed by atoms with Gasteiger partial charge < -0.3 is 19.3 Å². The summed E-state index contributed by atoms with van der Waals surface area (Å²) in [5.74, 6) is -1.42. The van der Waals surface area contributed by atoms with Crippen LogP contribution in [0.3, 0.4) is 0 Å². The smallest absolute Gasteiger partial charge is 0.475 e. The van der Waals surface area contributed by atoms with Gasteiger partial charge in [-0.05, 0) is 70.8 Å². The molecule has 4 aromatic carbocycles. The minimum atomic E-state index is -4.59. The van der Waals surface area contributed by atoms with Gasteiger partial charge >= 0.3 is 13.8 Å². The van der Waals surface area contributed by atoms with Crippen molar-refractivity contribution in [3.8, 4) is 24.3 Å². The predicted octanol–water partition coefficient (Wildman–Crippen LogP) is 5.96. The fraction of sp³-hybridized carbons (Fsp3) is 0.184. The summed E-state index contributed by atoms with van der Waals surface area (Å²) in [4.78, 5) is 13.2. The monoisotopic (exact) mass is 716 g/mol. The van der Waals surface area contributed by atoms with Crippen LogP contribution >= 0.6 is 7.82 Å². The standard InChI is InChI=1S/C38H29N4O9P/c39-17-26-1-9-30(10-2-26)22-46-36-35(50-38(44)37(36)47-23-31-11-3-27(18-40)4-12-31)34(21-43)51-52(45,48-24-32-13-5-28(19-41)6-14-32)49-25-33-15-7-29(20-42)8-16-33/h1-16,34-35,43H,21-25H2/t34-,35+/m0/s1. The summed E-state index contributed by atoms with van der Waals surface area (Å²) in [5.41, 5.74) is 3.98. The molecule has 260 valence electrons. The van der Waals surface area contributed by atoms with Crippen molar-refractivity contribution >= 4 is 13.8 Å². The Hall–Kier alpha value is -6.28. The number of nitriles is 4. The summed E-state index contributed by atoms with van der Waals surface area (Å²) in [6, 6.07) is 33.7. The van der Waals surface area contributed by atoms with E-state index in [4.69, 9.17) is 48.8 Å². The zero-order chi connectivity index (χ0) is 36.9. The van der Waals surface area contributed by atoms with Gasteiger partial charge in [0, 0.05) is 0 Å². The molecule has 1 aliphatic rings. The second-order valence-corrected chi connectivity index (χ2v) is 12.8. The van der Waals surface area contributed by atoms with Crippen LogP contribution in [0.2, 0.25) is 0 Å². The zero-order valence-corrected chi connectivity index (χ0v) is 28.3. The molecule has 1 heterocycles. The lowest BCUT2D eigenvalue weighted by molar-refractivity contribution is -0.148. The number of ether oxygens (including phenoxy) is 3. The highest BCUT2D eigenvalue weighted by Gasteiger charge is 2.46. The fourth-order valence-corrected chi connectivity index (χ4v) is 6.07. The number of benzene rings is 4. The van der Waals surface area contributed by atoms with E-state index < -0.39 is 32.6 Å². The minimum Gasteiger partial charge on any atom is -0.485 e. The first-order valence-corrected chi connectivity index (χ1v) is 17.1. The molecule has 1 N–H and O–H groups in total. The molecule has 14 heteroatoms. The lowest BCUT2D eigenvalue weighted by Crippen LogP contribution is -2.35. The van der Waals surface area contributed by atoms with Gasteiger partial charge in [-0.1, -0.05) is 48.5 Å². The van der Waals surface area contributed by atoms with Gasteiger partial charge in [0.25, 0.3) is 0 Å². The molecule has 52 heavy (non-hydrogen) atoms. The van der Waals surface area contributed by atoms with E-state index >= 15 is 0 Å². The van der Waals surface area contributed by atoms with Crippen molar-refractivity contribution in [2.24, 2.45) is 0 Å². The number of carbonyl (C=O) groups is 1. The van der Waals surface area contributed by atoms with Crippen LogP contribution in [0.15, 0.2) is 109 Å². The molecule has 13 nitrogen and oxygen atoms in total. The molecule has 0 radical (unpaired) electrons. The molecule has 0 saturated carbocycles. The van der Waals surface area contributed by atoms with Crippen molar-refractivity contribution < 1.29 is 42.2 Å². The van der Waals surface area contributed by atoms with Crippen molar-refractivity contribution in [3.05, 3.63) is 153 Å². The van der Waals surface area contributed by atoms with Gasteiger partial charge in [0.05, 0.1) is 66.4 Å². The summed E-state index contributed by atoms with van der Waals surface area (Å²) >= 11 is 0. The van der Waals surface area contributed by atoms with Crippen LogP contribution in [0.4, 0.5) is 0 Å². The van der Waals surface area contributed by atoms with Gasteiger partial charge in [-0.15, -0.1) is 0 Å². The Morgan fingerprint density at radius 1 is 0.615 bits per heavy atom. The van der Waals surface area contributed by atoms with Gasteiger partial charge in [-0.2, -0.15) is 21.0 Å².